The smallest absolute Gasteiger partial charge is 0.310 e. The average Bonchev–Trinajstić information content (AvgIpc) is 2.30. The Morgan fingerprint density at radius 2 is 1.71 bits per heavy atom. The predicted octanol–water partition coefficient (Wildman–Crippen LogP) is 0.856. The summed E-state index contributed by atoms with van der Waals surface area (Å²) >= 11 is 0. The van der Waals surface area contributed by atoms with Crippen molar-refractivity contribution in [3.8, 4) is 0 Å². The van der Waals surface area contributed by atoms with Crippen molar-refractivity contribution in [2.45, 2.75) is 39.2 Å². The molecule has 98 valence electrons. The standard InChI is InChI=1S/C12H21NO4/c1-3-16-11(14)8-5-6-10(13)9(7-8)12(15)17-4-2/h8-10H,3-7,13H2,1-2H3. The van der Waals surface area contributed by atoms with Gasteiger partial charge in [-0.2, -0.15) is 0 Å². The first-order valence-electron chi connectivity index (χ1n) is 6.19. The Labute approximate surface area is 102 Å². The molecule has 0 aliphatic heterocycles. The van der Waals surface area contributed by atoms with Gasteiger partial charge in [-0.15, -0.1) is 0 Å². The number of rotatable bonds is 4. The topological polar surface area (TPSA) is 78.6 Å². The SMILES string of the molecule is CCOC(=O)C1CCC(N)C(C(=O)OCC)C1. The minimum atomic E-state index is -0.377. The fourth-order valence-corrected chi connectivity index (χ4v) is 2.19. The lowest BCUT2D eigenvalue weighted by molar-refractivity contribution is -0.155. The highest BCUT2D eigenvalue weighted by molar-refractivity contribution is 5.77. The molecule has 3 unspecified atom stereocenters. The Bertz CT molecular complexity index is 280. The van der Waals surface area contributed by atoms with Crippen molar-refractivity contribution in [3.63, 3.8) is 0 Å². The Hall–Kier alpha value is -1.10. The summed E-state index contributed by atoms with van der Waals surface area (Å²) in [5.41, 5.74) is 5.89. The van der Waals surface area contributed by atoms with E-state index < -0.39 is 0 Å². The zero-order valence-corrected chi connectivity index (χ0v) is 10.5. The van der Waals surface area contributed by atoms with E-state index in [1.165, 1.54) is 0 Å². The second kappa shape index (κ2) is 6.59. The van der Waals surface area contributed by atoms with Gasteiger partial charge in [0.1, 0.15) is 0 Å². The third kappa shape index (κ3) is 3.70. The molecule has 3 atom stereocenters. The summed E-state index contributed by atoms with van der Waals surface area (Å²) in [6, 6.07) is -0.209. The van der Waals surface area contributed by atoms with Crippen LogP contribution in [-0.4, -0.2) is 31.2 Å². The van der Waals surface area contributed by atoms with Crippen LogP contribution in [0.4, 0.5) is 0 Å². The molecule has 0 aromatic heterocycles. The van der Waals surface area contributed by atoms with E-state index >= 15 is 0 Å². The molecule has 1 aliphatic carbocycles. The second-order valence-corrected chi connectivity index (χ2v) is 4.28. The van der Waals surface area contributed by atoms with E-state index in [2.05, 4.69) is 0 Å². The van der Waals surface area contributed by atoms with Gasteiger partial charge in [0.2, 0.25) is 0 Å². The van der Waals surface area contributed by atoms with Crippen molar-refractivity contribution in [2.75, 3.05) is 13.2 Å². The van der Waals surface area contributed by atoms with Crippen LogP contribution in [0.3, 0.4) is 0 Å². The Morgan fingerprint density at radius 1 is 1.12 bits per heavy atom. The van der Waals surface area contributed by atoms with E-state index in [1.54, 1.807) is 13.8 Å². The predicted molar refractivity (Wildman–Crippen MR) is 62.1 cm³/mol. The molecule has 1 saturated carbocycles. The van der Waals surface area contributed by atoms with Crippen LogP contribution in [0.2, 0.25) is 0 Å². The summed E-state index contributed by atoms with van der Waals surface area (Å²) in [6.45, 7) is 4.24. The quantitative estimate of drug-likeness (QED) is 0.741. The van der Waals surface area contributed by atoms with Gasteiger partial charge < -0.3 is 15.2 Å². The first-order valence-corrected chi connectivity index (χ1v) is 6.19. The molecule has 0 spiro atoms. The van der Waals surface area contributed by atoms with Crippen LogP contribution in [0.25, 0.3) is 0 Å². The van der Waals surface area contributed by atoms with Crippen LogP contribution >= 0.6 is 0 Å². The number of nitrogens with two attached hydrogens (primary N) is 1. The molecule has 1 rings (SSSR count). The van der Waals surface area contributed by atoms with E-state index in [1.807, 2.05) is 0 Å². The van der Waals surface area contributed by atoms with Crippen LogP contribution in [0.15, 0.2) is 0 Å². The van der Waals surface area contributed by atoms with Crippen molar-refractivity contribution < 1.29 is 19.1 Å². The van der Waals surface area contributed by atoms with Gasteiger partial charge in [0.15, 0.2) is 0 Å². The van der Waals surface area contributed by atoms with Crippen molar-refractivity contribution in [3.05, 3.63) is 0 Å². The lowest BCUT2D eigenvalue weighted by Gasteiger charge is -2.31. The molecule has 1 fully saturated rings. The normalized spacial score (nSPS) is 28.5. The second-order valence-electron chi connectivity index (χ2n) is 4.28. The lowest BCUT2D eigenvalue weighted by Crippen LogP contribution is -2.43. The highest BCUT2D eigenvalue weighted by Gasteiger charge is 2.37. The molecule has 0 radical (unpaired) electrons. The first kappa shape index (κ1) is 14.0. The molecule has 1 aliphatic rings. The van der Waals surface area contributed by atoms with Gasteiger partial charge in [0, 0.05) is 6.04 Å². The number of hydrogen-bond acceptors (Lipinski definition) is 5. The fourth-order valence-electron chi connectivity index (χ4n) is 2.19. The molecule has 0 bridgehead atoms. The molecule has 0 aromatic rings. The summed E-state index contributed by atoms with van der Waals surface area (Å²) in [5, 5.41) is 0. The van der Waals surface area contributed by atoms with Crippen LogP contribution in [-0.2, 0) is 19.1 Å². The van der Waals surface area contributed by atoms with Crippen LogP contribution in [0, 0.1) is 11.8 Å². The highest BCUT2D eigenvalue weighted by Crippen LogP contribution is 2.30. The van der Waals surface area contributed by atoms with Crippen molar-refractivity contribution in [2.24, 2.45) is 17.6 Å². The van der Waals surface area contributed by atoms with Gasteiger partial charge >= 0.3 is 11.9 Å². The third-order valence-electron chi connectivity index (χ3n) is 3.11. The van der Waals surface area contributed by atoms with Crippen LogP contribution < -0.4 is 5.73 Å². The van der Waals surface area contributed by atoms with Crippen molar-refractivity contribution in [1.29, 1.82) is 0 Å². The highest BCUT2D eigenvalue weighted by atomic mass is 16.5. The number of hydrogen-bond donors (Lipinski definition) is 1. The maximum atomic E-state index is 11.7. The minimum Gasteiger partial charge on any atom is -0.466 e. The van der Waals surface area contributed by atoms with Gasteiger partial charge in [0.05, 0.1) is 25.0 Å². The summed E-state index contributed by atoms with van der Waals surface area (Å²) in [4.78, 5) is 23.3. The van der Waals surface area contributed by atoms with E-state index in [-0.39, 0.29) is 29.8 Å². The van der Waals surface area contributed by atoms with Gasteiger partial charge in [-0.3, -0.25) is 9.59 Å². The number of esters is 2. The molecule has 0 heterocycles. The summed E-state index contributed by atoms with van der Waals surface area (Å²) < 4.78 is 9.94. The summed E-state index contributed by atoms with van der Waals surface area (Å²) in [7, 11) is 0. The Kier molecular flexibility index (Phi) is 5.41. The van der Waals surface area contributed by atoms with E-state index in [9.17, 15) is 9.59 Å². The molecule has 0 saturated heterocycles. The van der Waals surface area contributed by atoms with Gasteiger partial charge in [-0.05, 0) is 33.1 Å². The maximum absolute atomic E-state index is 11.7. The van der Waals surface area contributed by atoms with Crippen molar-refractivity contribution in [1.82, 2.24) is 0 Å². The molecular weight excluding hydrogens is 222 g/mol. The molecule has 0 aromatic carbocycles. The van der Waals surface area contributed by atoms with Crippen LogP contribution in [0.1, 0.15) is 33.1 Å². The molecular formula is C12H21NO4. The fraction of sp³-hybridized carbons (Fsp3) is 0.833. The third-order valence-corrected chi connectivity index (χ3v) is 3.11. The number of carbonyl (C=O) groups excluding carboxylic acids is 2. The van der Waals surface area contributed by atoms with Gasteiger partial charge in [-0.25, -0.2) is 0 Å². The maximum Gasteiger partial charge on any atom is 0.310 e. The Morgan fingerprint density at radius 3 is 2.29 bits per heavy atom. The number of ether oxygens (including phenoxy) is 2. The van der Waals surface area contributed by atoms with Gasteiger partial charge in [0.25, 0.3) is 0 Å². The molecule has 2 N–H and O–H groups in total. The molecule has 5 heteroatoms. The van der Waals surface area contributed by atoms with E-state index in [0.29, 0.717) is 32.5 Å². The largest absolute Gasteiger partial charge is 0.466 e. The zero-order chi connectivity index (χ0) is 12.8. The van der Waals surface area contributed by atoms with Crippen LogP contribution in [0.5, 0.6) is 0 Å². The van der Waals surface area contributed by atoms with Gasteiger partial charge in [-0.1, -0.05) is 0 Å². The lowest BCUT2D eigenvalue weighted by atomic mass is 9.78. The summed E-state index contributed by atoms with van der Waals surface area (Å²) in [5.74, 6) is -1.12. The molecule has 5 nitrogen and oxygen atoms in total. The minimum absolute atomic E-state index is 0.209. The van der Waals surface area contributed by atoms with E-state index in [0.717, 1.165) is 0 Å². The zero-order valence-electron chi connectivity index (χ0n) is 10.5. The molecule has 0 amide bonds. The monoisotopic (exact) mass is 243 g/mol. The average molecular weight is 243 g/mol. The van der Waals surface area contributed by atoms with Crippen molar-refractivity contribution >= 4 is 11.9 Å². The number of carbonyl (C=O) groups is 2. The van der Waals surface area contributed by atoms with E-state index in [4.69, 9.17) is 15.2 Å². The Balaban J connectivity index is 2.58. The molecule has 17 heavy (non-hydrogen) atoms. The summed E-state index contributed by atoms with van der Waals surface area (Å²) in [6.07, 6.45) is 1.79. The first-order chi connectivity index (χ1) is 8.10.